The molecule has 0 fully saturated rings. The summed E-state index contributed by atoms with van der Waals surface area (Å²) in [6.45, 7) is 0.202. The highest BCUT2D eigenvalue weighted by molar-refractivity contribution is 7.92. The Morgan fingerprint density at radius 3 is 2.54 bits per heavy atom. The zero-order valence-electron chi connectivity index (χ0n) is 12.9. The summed E-state index contributed by atoms with van der Waals surface area (Å²) in [6.07, 6.45) is 1.74. The molecule has 0 saturated carbocycles. The van der Waals surface area contributed by atoms with Crippen LogP contribution in [0.3, 0.4) is 0 Å². The molecule has 1 aromatic heterocycles. The highest BCUT2D eigenvalue weighted by Crippen LogP contribution is 2.35. The molecule has 3 rings (SSSR count). The Balaban J connectivity index is 2.06. The first kappa shape index (κ1) is 17.2. The number of nitrogens with one attached hydrogen (secondary N) is 1. The normalized spacial score (nSPS) is 14.9. The third kappa shape index (κ3) is 2.59. The number of anilines is 1. The molecule has 2 heterocycles. The Kier molecular flexibility index (Phi) is 4.11. The molecule has 24 heavy (non-hydrogen) atoms. The van der Waals surface area contributed by atoms with Gasteiger partial charge in [0.05, 0.1) is 16.9 Å². The number of fused-ring (bicyclic) bond motifs is 1. The fourth-order valence-corrected chi connectivity index (χ4v) is 5.23. The van der Waals surface area contributed by atoms with E-state index >= 15 is 0 Å². The van der Waals surface area contributed by atoms with Crippen molar-refractivity contribution in [2.75, 3.05) is 17.9 Å². The number of hydrogen-bond donors (Lipinski definition) is 1. The van der Waals surface area contributed by atoms with E-state index in [4.69, 9.17) is 11.6 Å². The lowest BCUT2D eigenvalue weighted by Gasteiger charge is -2.18. The van der Waals surface area contributed by atoms with E-state index in [1.54, 1.807) is 7.05 Å². The minimum Gasteiger partial charge on any atom is -0.324 e. The van der Waals surface area contributed by atoms with Crippen LogP contribution in [0.2, 0.25) is 5.15 Å². The molecular weight excluding hydrogens is 376 g/mol. The van der Waals surface area contributed by atoms with E-state index in [0.717, 1.165) is 0 Å². The van der Waals surface area contributed by atoms with Gasteiger partial charge in [-0.15, -0.1) is 0 Å². The molecule has 1 aliphatic rings. The summed E-state index contributed by atoms with van der Waals surface area (Å²) in [4.78, 5) is 3.97. The molecule has 0 amide bonds. The SMILES string of the molecule is CNS(=O)(=O)c1ccc2c(c1)CCN2S(=O)(=O)c1ncn(C)c1Cl. The maximum Gasteiger partial charge on any atom is 0.284 e. The predicted molar refractivity (Wildman–Crippen MR) is 89.1 cm³/mol. The van der Waals surface area contributed by atoms with Crippen LogP contribution in [0.15, 0.2) is 34.4 Å². The molecule has 0 bridgehead atoms. The van der Waals surface area contributed by atoms with E-state index in [-0.39, 0.29) is 21.6 Å². The largest absolute Gasteiger partial charge is 0.324 e. The number of hydrogen-bond acceptors (Lipinski definition) is 5. The Morgan fingerprint density at radius 1 is 1.25 bits per heavy atom. The summed E-state index contributed by atoms with van der Waals surface area (Å²) in [5.74, 6) is 0. The highest BCUT2D eigenvalue weighted by atomic mass is 35.5. The van der Waals surface area contributed by atoms with Crippen LogP contribution in [0.5, 0.6) is 0 Å². The smallest absolute Gasteiger partial charge is 0.284 e. The third-order valence-corrected chi connectivity index (χ3v) is 7.57. The average Bonchev–Trinajstić information content (AvgIpc) is 3.11. The lowest BCUT2D eigenvalue weighted by atomic mass is 10.2. The fourth-order valence-electron chi connectivity index (χ4n) is 2.55. The van der Waals surface area contributed by atoms with Gasteiger partial charge in [-0.1, -0.05) is 11.6 Å². The van der Waals surface area contributed by atoms with Crippen molar-refractivity contribution in [1.82, 2.24) is 14.3 Å². The van der Waals surface area contributed by atoms with Crippen LogP contribution >= 0.6 is 11.6 Å². The van der Waals surface area contributed by atoms with Gasteiger partial charge in [0.1, 0.15) is 5.15 Å². The van der Waals surface area contributed by atoms with Crippen molar-refractivity contribution in [3.05, 3.63) is 35.2 Å². The van der Waals surface area contributed by atoms with E-state index < -0.39 is 20.0 Å². The fraction of sp³-hybridized carbons (Fsp3) is 0.308. The second-order valence-corrected chi connectivity index (χ2v) is 9.30. The molecule has 1 aromatic carbocycles. The van der Waals surface area contributed by atoms with Gasteiger partial charge in [-0.2, -0.15) is 8.42 Å². The van der Waals surface area contributed by atoms with Crippen molar-refractivity contribution >= 4 is 37.3 Å². The molecule has 1 aliphatic heterocycles. The van der Waals surface area contributed by atoms with Gasteiger partial charge < -0.3 is 4.57 Å². The zero-order chi connectivity index (χ0) is 17.7. The van der Waals surface area contributed by atoms with Crippen molar-refractivity contribution in [2.24, 2.45) is 7.05 Å². The molecule has 0 saturated heterocycles. The Morgan fingerprint density at radius 2 is 1.96 bits per heavy atom. The number of aryl methyl sites for hydroxylation is 1. The van der Waals surface area contributed by atoms with Crippen LogP contribution in [0.1, 0.15) is 5.56 Å². The number of benzene rings is 1. The topological polar surface area (TPSA) is 101 Å². The van der Waals surface area contributed by atoms with E-state index in [1.165, 1.54) is 40.4 Å². The molecular formula is C13H15ClN4O4S2. The molecule has 0 radical (unpaired) electrons. The van der Waals surface area contributed by atoms with Crippen LogP contribution in [0, 0.1) is 0 Å². The quantitative estimate of drug-likeness (QED) is 0.829. The van der Waals surface area contributed by atoms with E-state index in [2.05, 4.69) is 9.71 Å². The summed E-state index contributed by atoms with van der Waals surface area (Å²) < 4.78 is 54.2. The van der Waals surface area contributed by atoms with Crippen molar-refractivity contribution in [2.45, 2.75) is 16.3 Å². The molecule has 0 unspecified atom stereocenters. The third-order valence-electron chi connectivity index (χ3n) is 3.85. The number of sulfonamides is 2. The molecule has 0 aliphatic carbocycles. The molecule has 0 atom stereocenters. The van der Waals surface area contributed by atoms with Gasteiger partial charge in [0.25, 0.3) is 10.0 Å². The summed E-state index contributed by atoms with van der Waals surface area (Å²) >= 11 is 6.01. The van der Waals surface area contributed by atoms with Gasteiger partial charge in [0.2, 0.25) is 15.0 Å². The van der Waals surface area contributed by atoms with Gasteiger partial charge in [0, 0.05) is 13.6 Å². The van der Waals surface area contributed by atoms with E-state index in [9.17, 15) is 16.8 Å². The van der Waals surface area contributed by atoms with Crippen LogP contribution in [-0.4, -0.2) is 40.0 Å². The standard InChI is InChI=1S/C13H15ClN4O4S2/c1-15-23(19,20)10-3-4-11-9(7-10)5-6-18(11)24(21,22)13-12(14)17(2)8-16-13/h3-4,7-8,15H,5-6H2,1-2H3. The summed E-state index contributed by atoms with van der Waals surface area (Å²) in [6, 6.07) is 4.34. The Labute approximate surface area is 145 Å². The first-order valence-corrected chi connectivity index (χ1v) is 10.2. The van der Waals surface area contributed by atoms with Crippen LogP contribution < -0.4 is 9.03 Å². The summed E-state index contributed by atoms with van der Waals surface area (Å²) in [5.41, 5.74) is 1.08. The average molecular weight is 391 g/mol. The maximum absolute atomic E-state index is 12.8. The number of nitrogens with zero attached hydrogens (tertiary/aromatic N) is 3. The first-order chi connectivity index (χ1) is 11.2. The number of halogens is 1. The van der Waals surface area contributed by atoms with Crippen molar-refractivity contribution in [3.63, 3.8) is 0 Å². The first-order valence-electron chi connectivity index (χ1n) is 6.94. The second-order valence-electron chi connectivity index (χ2n) is 5.28. The van der Waals surface area contributed by atoms with E-state index in [0.29, 0.717) is 17.7 Å². The van der Waals surface area contributed by atoms with Crippen molar-refractivity contribution in [1.29, 1.82) is 0 Å². The summed E-state index contributed by atoms with van der Waals surface area (Å²) in [7, 11) is -4.57. The van der Waals surface area contributed by atoms with Crippen LogP contribution in [0.4, 0.5) is 5.69 Å². The van der Waals surface area contributed by atoms with Gasteiger partial charge in [0.15, 0.2) is 0 Å². The molecule has 0 spiro atoms. The van der Waals surface area contributed by atoms with Gasteiger partial charge in [-0.05, 0) is 37.2 Å². The monoisotopic (exact) mass is 390 g/mol. The Bertz CT molecular complexity index is 1010. The molecule has 11 heteroatoms. The molecule has 2 aromatic rings. The number of imidazole rings is 1. The molecule has 130 valence electrons. The van der Waals surface area contributed by atoms with Gasteiger partial charge in [-0.25, -0.2) is 18.1 Å². The predicted octanol–water partition coefficient (Wildman–Crippen LogP) is 0.733. The highest BCUT2D eigenvalue weighted by Gasteiger charge is 2.35. The molecule has 1 N–H and O–H groups in total. The van der Waals surface area contributed by atoms with Crippen molar-refractivity contribution in [3.8, 4) is 0 Å². The van der Waals surface area contributed by atoms with Gasteiger partial charge >= 0.3 is 0 Å². The lowest BCUT2D eigenvalue weighted by molar-refractivity contribution is 0.587. The van der Waals surface area contributed by atoms with Crippen molar-refractivity contribution < 1.29 is 16.8 Å². The zero-order valence-corrected chi connectivity index (χ0v) is 15.3. The van der Waals surface area contributed by atoms with Crippen LogP contribution in [-0.2, 0) is 33.5 Å². The maximum atomic E-state index is 12.8. The second kappa shape index (κ2) is 5.73. The Hall–Kier alpha value is -1.62. The van der Waals surface area contributed by atoms with Gasteiger partial charge in [-0.3, -0.25) is 4.31 Å². The minimum absolute atomic E-state index is 0.0258. The summed E-state index contributed by atoms with van der Waals surface area (Å²) in [5, 5.41) is -0.190. The van der Waals surface area contributed by atoms with E-state index in [1.807, 2.05) is 0 Å². The lowest BCUT2D eigenvalue weighted by Crippen LogP contribution is -2.29. The minimum atomic E-state index is -3.91. The van der Waals surface area contributed by atoms with Crippen LogP contribution in [0.25, 0.3) is 0 Å². The number of rotatable bonds is 4. The molecule has 8 nitrogen and oxygen atoms in total. The number of aromatic nitrogens is 2.